The fraction of sp³-hybridized carbons (Fsp3) is 0.517. The van der Waals surface area contributed by atoms with Gasteiger partial charge in [0.25, 0.3) is 5.56 Å². The van der Waals surface area contributed by atoms with Crippen LogP contribution in [0.1, 0.15) is 44.6 Å². The first-order valence-electron chi connectivity index (χ1n) is 14.7. The van der Waals surface area contributed by atoms with Crippen LogP contribution >= 0.6 is 11.3 Å². The molecule has 1 aromatic carbocycles. The van der Waals surface area contributed by atoms with Gasteiger partial charge in [0.15, 0.2) is 10.9 Å². The van der Waals surface area contributed by atoms with Gasteiger partial charge in [-0.25, -0.2) is 13.8 Å². The molecular weight excluding hydrogens is 562 g/mol. The van der Waals surface area contributed by atoms with Crippen LogP contribution in [0.5, 0.6) is 6.01 Å². The number of aromatic nitrogens is 4. The first-order chi connectivity index (χ1) is 20.4. The fourth-order valence-electron chi connectivity index (χ4n) is 6.96. The van der Waals surface area contributed by atoms with Crippen LogP contribution in [-0.2, 0) is 0 Å². The van der Waals surface area contributed by atoms with E-state index in [0.717, 1.165) is 56.4 Å². The molecule has 3 atom stereocenters. The fourth-order valence-corrected chi connectivity index (χ4v) is 7.72. The van der Waals surface area contributed by atoms with E-state index in [1.165, 1.54) is 16.7 Å². The maximum atomic E-state index is 17.0. The average molecular weight is 595 g/mol. The number of fused-ring (bicyclic) bond motifs is 4. The molecule has 6 heterocycles. The lowest BCUT2D eigenvalue weighted by Crippen LogP contribution is -2.51. The van der Waals surface area contributed by atoms with E-state index >= 15 is 4.39 Å². The van der Waals surface area contributed by atoms with E-state index in [4.69, 9.17) is 15.5 Å². The standard InChI is InChI=1S/C29H32F2N8O2S/c1-37-10-2-3-17(37)13-41-29-35-23-20(26(36-29)38-11-14-4-5-15(12-38)33-14)27(40)39(16-6-7-16)24(21(23)31)18-8-9-19(30)25-22(18)34-28(32)42-25/h8-9,14-17,33H,2-7,10-13H2,1H3,(H2,32,34)/t14?,15?,17-/m0/s1. The third-order valence-electron chi connectivity index (χ3n) is 9.23. The Hall–Kier alpha value is -3.42. The molecule has 220 valence electrons. The number of nitrogens with two attached hydrogens (primary N) is 1. The number of likely N-dealkylation sites (tertiary alicyclic amines) is 1. The number of thiazole rings is 1. The number of halogens is 2. The smallest absolute Gasteiger partial charge is 0.319 e. The van der Waals surface area contributed by atoms with Gasteiger partial charge >= 0.3 is 6.01 Å². The van der Waals surface area contributed by atoms with Crippen molar-refractivity contribution in [3.63, 3.8) is 0 Å². The van der Waals surface area contributed by atoms with Crippen LogP contribution in [0.25, 0.3) is 32.4 Å². The van der Waals surface area contributed by atoms with Crippen LogP contribution in [0.2, 0.25) is 0 Å². The van der Waals surface area contributed by atoms with Gasteiger partial charge in [0.05, 0.1) is 15.9 Å². The Kier molecular flexibility index (Phi) is 6.13. The van der Waals surface area contributed by atoms with Crippen LogP contribution in [-0.4, -0.2) is 75.8 Å². The quantitative estimate of drug-likeness (QED) is 0.345. The molecule has 0 radical (unpaired) electrons. The number of ether oxygens (including phenoxy) is 1. The Labute approximate surface area is 244 Å². The minimum atomic E-state index is -0.666. The summed E-state index contributed by atoms with van der Waals surface area (Å²) < 4.78 is 39.6. The van der Waals surface area contributed by atoms with Gasteiger partial charge in [-0.15, -0.1) is 0 Å². The number of hydrogen-bond donors (Lipinski definition) is 2. The molecule has 0 amide bonds. The number of hydrogen-bond acceptors (Lipinski definition) is 10. The van der Waals surface area contributed by atoms with Gasteiger partial charge in [0.2, 0.25) is 0 Å². The maximum Gasteiger partial charge on any atom is 0.319 e. The van der Waals surface area contributed by atoms with Crippen molar-refractivity contribution in [2.24, 2.45) is 0 Å². The van der Waals surface area contributed by atoms with Gasteiger partial charge in [-0.05, 0) is 64.3 Å². The first-order valence-corrected chi connectivity index (χ1v) is 15.5. The number of benzene rings is 1. The zero-order valence-corrected chi connectivity index (χ0v) is 24.1. The molecule has 3 aliphatic heterocycles. The summed E-state index contributed by atoms with van der Waals surface area (Å²) in [6.45, 7) is 2.69. The third-order valence-corrected chi connectivity index (χ3v) is 10.1. The van der Waals surface area contributed by atoms with Crippen LogP contribution < -0.4 is 26.2 Å². The second-order valence-electron chi connectivity index (χ2n) is 12.1. The minimum absolute atomic E-state index is 0.0526. The lowest BCUT2D eigenvalue weighted by atomic mass is 10.1. The molecule has 13 heteroatoms. The summed E-state index contributed by atoms with van der Waals surface area (Å²) in [4.78, 5) is 32.4. The number of anilines is 2. The normalized spacial score (nSPS) is 24.4. The molecule has 3 saturated heterocycles. The molecule has 3 aromatic heterocycles. The topological polar surface area (TPSA) is 114 Å². The summed E-state index contributed by atoms with van der Waals surface area (Å²) in [7, 11) is 2.06. The summed E-state index contributed by atoms with van der Waals surface area (Å²) in [5.74, 6) is -0.740. The second kappa shape index (κ2) is 9.81. The van der Waals surface area contributed by atoms with E-state index in [2.05, 4.69) is 32.1 Å². The Balaban J connectivity index is 1.35. The van der Waals surface area contributed by atoms with E-state index in [9.17, 15) is 9.18 Å². The second-order valence-corrected chi connectivity index (χ2v) is 13.1. The van der Waals surface area contributed by atoms with Crippen LogP contribution in [0.3, 0.4) is 0 Å². The molecule has 3 N–H and O–H groups in total. The summed E-state index contributed by atoms with van der Waals surface area (Å²) in [6, 6.07) is 3.40. The molecule has 0 spiro atoms. The number of nitrogen functional groups attached to an aromatic ring is 1. The SMILES string of the molecule is CN1CCC[C@H]1COc1nc(N2CC3CCC(C2)N3)c2c(=O)n(C3CC3)c(-c3ccc(F)c4sc(N)nc34)c(F)c2n1. The molecule has 4 fully saturated rings. The molecule has 2 bridgehead atoms. The van der Waals surface area contributed by atoms with Gasteiger partial charge < -0.3 is 30.2 Å². The van der Waals surface area contributed by atoms with Crippen molar-refractivity contribution in [2.45, 2.75) is 62.7 Å². The largest absolute Gasteiger partial charge is 0.462 e. The van der Waals surface area contributed by atoms with Crippen LogP contribution in [0, 0.1) is 11.6 Å². The number of rotatable bonds is 6. The Morgan fingerprint density at radius 3 is 2.57 bits per heavy atom. The highest BCUT2D eigenvalue weighted by molar-refractivity contribution is 7.22. The molecular formula is C29H32F2N8O2S. The lowest BCUT2D eigenvalue weighted by Gasteiger charge is -2.34. The Morgan fingerprint density at radius 1 is 1.07 bits per heavy atom. The Morgan fingerprint density at radius 2 is 1.86 bits per heavy atom. The number of likely N-dealkylation sites (N-methyl/N-ethyl adjacent to an activating group) is 1. The highest BCUT2D eigenvalue weighted by Gasteiger charge is 2.37. The first kappa shape index (κ1) is 26.2. The monoisotopic (exact) mass is 594 g/mol. The molecule has 42 heavy (non-hydrogen) atoms. The summed E-state index contributed by atoms with van der Waals surface area (Å²) >= 11 is 0.999. The number of piperazine rings is 1. The van der Waals surface area contributed by atoms with Crippen LogP contribution in [0.15, 0.2) is 16.9 Å². The van der Waals surface area contributed by atoms with E-state index in [1.54, 1.807) is 0 Å². The van der Waals surface area contributed by atoms with Crippen molar-refractivity contribution in [2.75, 3.05) is 43.9 Å². The van der Waals surface area contributed by atoms with Crippen molar-refractivity contribution < 1.29 is 13.5 Å². The van der Waals surface area contributed by atoms with Crippen molar-refractivity contribution in [3.05, 3.63) is 34.1 Å². The van der Waals surface area contributed by atoms with Crippen molar-refractivity contribution in [1.29, 1.82) is 0 Å². The minimum Gasteiger partial charge on any atom is -0.462 e. The van der Waals surface area contributed by atoms with E-state index in [-0.39, 0.29) is 67.7 Å². The van der Waals surface area contributed by atoms with Crippen molar-refractivity contribution in [3.8, 4) is 17.3 Å². The van der Waals surface area contributed by atoms with Gasteiger partial charge in [-0.2, -0.15) is 9.97 Å². The van der Waals surface area contributed by atoms with E-state index < -0.39 is 11.6 Å². The molecule has 2 unspecified atom stereocenters. The lowest BCUT2D eigenvalue weighted by molar-refractivity contribution is 0.188. The van der Waals surface area contributed by atoms with E-state index in [1.807, 2.05) is 0 Å². The summed E-state index contributed by atoms with van der Waals surface area (Å²) in [5.41, 5.74) is 6.11. The average Bonchev–Trinajstić information content (AvgIpc) is 3.47. The van der Waals surface area contributed by atoms with Gasteiger partial charge in [-0.1, -0.05) is 11.3 Å². The maximum absolute atomic E-state index is 17.0. The van der Waals surface area contributed by atoms with Crippen LogP contribution in [0.4, 0.5) is 19.7 Å². The van der Waals surface area contributed by atoms with Gasteiger partial charge in [0.1, 0.15) is 29.1 Å². The zero-order valence-electron chi connectivity index (χ0n) is 23.3. The number of nitrogens with zero attached hydrogens (tertiary/aromatic N) is 6. The number of nitrogens with one attached hydrogen (secondary N) is 1. The molecule has 1 aliphatic carbocycles. The molecule has 4 aliphatic rings. The predicted molar refractivity (Wildman–Crippen MR) is 158 cm³/mol. The summed E-state index contributed by atoms with van der Waals surface area (Å²) in [5, 5.41) is 3.94. The van der Waals surface area contributed by atoms with E-state index in [0.29, 0.717) is 31.1 Å². The van der Waals surface area contributed by atoms with Crippen molar-refractivity contribution in [1.82, 2.24) is 29.7 Å². The molecule has 10 nitrogen and oxygen atoms in total. The Bertz CT molecular complexity index is 1780. The molecule has 8 rings (SSSR count). The highest BCUT2D eigenvalue weighted by Crippen LogP contribution is 2.43. The highest BCUT2D eigenvalue weighted by atomic mass is 32.1. The van der Waals surface area contributed by atoms with Gasteiger partial charge in [-0.3, -0.25) is 4.79 Å². The molecule has 4 aromatic rings. The van der Waals surface area contributed by atoms with Gasteiger partial charge in [0, 0.05) is 42.8 Å². The van der Waals surface area contributed by atoms with Crippen molar-refractivity contribution >= 4 is 43.4 Å². The summed E-state index contributed by atoms with van der Waals surface area (Å²) in [6.07, 6.45) is 5.66. The molecule has 1 saturated carbocycles. The predicted octanol–water partition coefficient (Wildman–Crippen LogP) is 3.68. The third kappa shape index (κ3) is 4.23. The zero-order chi connectivity index (χ0) is 28.7. The number of pyridine rings is 1.